The Bertz CT molecular complexity index is 4650. The molecule has 27 nitrogen and oxygen atoms in total. The number of thiol groups is 2. The van der Waals surface area contributed by atoms with Crippen LogP contribution in [-0.4, -0.2) is 193 Å². The number of Topliss-reactive ketones (excluding diaryl/α,β-unsaturated/α-hetero) is 4. The molecule has 0 bridgehead atoms. The minimum atomic E-state index is -4.89. The molecule has 1 saturated heterocycles. The van der Waals surface area contributed by atoms with Crippen molar-refractivity contribution in [2.75, 3.05) is 56.0 Å². The predicted molar refractivity (Wildman–Crippen MR) is 404 cm³/mol. The number of carbonyl (C=O) groups is 10. The summed E-state index contributed by atoms with van der Waals surface area (Å²) >= 11 is 11.0. The molecule has 1 spiro atoms. The van der Waals surface area contributed by atoms with Crippen molar-refractivity contribution in [3.63, 3.8) is 0 Å². The second-order valence-corrected chi connectivity index (χ2v) is 32.8. The number of nitrogens with zero attached hydrogens (tertiary/aromatic N) is 8. The molecule has 8 saturated carbocycles. The zero-order valence-electron chi connectivity index (χ0n) is 69.5. The first-order valence-electron chi connectivity index (χ1n) is 38.8. The Hall–Kier alpha value is -6.11. The van der Waals surface area contributed by atoms with Crippen LogP contribution in [-0.2, 0) is 119 Å². The Kier molecular flexibility index (Phi) is 38.5. The molecule has 12 aliphatic carbocycles. The number of halogens is 19. The van der Waals surface area contributed by atoms with Crippen LogP contribution in [0, 0.1) is 47.3 Å². The number of ether oxygens (including phenoxy) is 4. The molecule has 9 fully saturated rings. The van der Waals surface area contributed by atoms with Crippen molar-refractivity contribution in [1.29, 1.82) is 2.67 Å². The van der Waals surface area contributed by atoms with Gasteiger partial charge in [0, 0.05) is 77.1 Å². The van der Waals surface area contributed by atoms with E-state index in [1.54, 1.807) is 44.3 Å². The van der Waals surface area contributed by atoms with Gasteiger partial charge in [0.05, 0.1) is 46.3 Å². The number of carboxylic acids is 2. The average molecular weight is 1910 g/mol. The third-order valence-corrected chi connectivity index (χ3v) is 25.1. The summed E-state index contributed by atoms with van der Waals surface area (Å²) in [6, 6.07) is 0. The van der Waals surface area contributed by atoms with E-state index in [9.17, 15) is 132 Å². The Balaban J connectivity index is 0.000000305. The van der Waals surface area contributed by atoms with Crippen LogP contribution in [0.3, 0.4) is 0 Å². The number of aliphatic carboxylic acids is 2. The van der Waals surface area contributed by atoms with Crippen molar-refractivity contribution in [3.8, 4) is 0 Å². The number of fused-ring (bicyclic) bond motifs is 16. The summed E-state index contributed by atoms with van der Waals surface area (Å²) in [6.45, 7) is 6.75. The first-order chi connectivity index (χ1) is 57.1. The van der Waals surface area contributed by atoms with Gasteiger partial charge in [-0.3, -0.25) is 52.5 Å². The second-order valence-electron chi connectivity index (χ2n) is 29.0. The van der Waals surface area contributed by atoms with E-state index in [-0.39, 0.29) is 180 Å². The molecule has 17 rings (SSSR count). The van der Waals surface area contributed by atoms with Crippen molar-refractivity contribution in [2.45, 2.75) is 196 Å². The van der Waals surface area contributed by atoms with Crippen LogP contribution in [0.25, 0.3) is 0 Å². The minimum Gasteiger partial charge on any atom is -0.870 e. The Labute approximate surface area is 764 Å². The molecule has 688 valence electrons. The van der Waals surface area contributed by atoms with Crippen LogP contribution in [0.2, 0.25) is 6.82 Å². The van der Waals surface area contributed by atoms with Crippen molar-refractivity contribution in [2.24, 2.45) is 53.1 Å². The van der Waals surface area contributed by atoms with Crippen LogP contribution in [0.1, 0.15) is 193 Å². The Morgan fingerprint density at radius 1 is 0.528 bits per heavy atom. The molecule has 0 radical (unpaired) electrons. The summed E-state index contributed by atoms with van der Waals surface area (Å²) in [5.41, 5.74) is 1.92. The number of alkyl halides is 18. The summed E-state index contributed by atoms with van der Waals surface area (Å²) in [4.78, 5) is 110. The predicted octanol–water partition coefficient (Wildman–Crippen LogP) is 5.45. The van der Waals surface area contributed by atoms with E-state index in [0.717, 1.165) is 69.9 Å². The molecule has 5 heterocycles. The number of carboxylic acid groups (broad SMARTS) is 2. The summed E-state index contributed by atoms with van der Waals surface area (Å²) in [5.74, 6) is -5.26. The fraction of sp³-hybridized carbons (Fsp3) is 0.667. The van der Waals surface area contributed by atoms with Crippen molar-refractivity contribution >= 4 is 128 Å². The van der Waals surface area contributed by atoms with Gasteiger partial charge in [-0.1, -0.05) is 6.82 Å². The minimum absolute atomic E-state index is 0. The molecule has 0 amide bonds. The fourth-order valence-corrected chi connectivity index (χ4v) is 19.3. The number of ketones is 4. The number of thioether (sulfide) groups is 2. The van der Waals surface area contributed by atoms with E-state index in [1.165, 1.54) is 24.8 Å². The summed E-state index contributed by atoms with van der Waals surface area (Å²) in [6.07, 6.45) is -20.8. The monoisotopic (exact) mass is 1910 g/mol. The Morgan fingerprint density at radius 3 is 1.30 bits per heavy atom. The molecule has 125 heavy (non-hydrogen) atoms. The first-order valence-corrected chi connectivity index (χ1v) is 40.9. The average Bonchev–Trinajstić information content (AvgIpc) is 1.49. The van der Waals surface area contributed by atoms with Crippen molar-refractivity contribution in [3.05, 3.63) is 79.1 Å². The number of allylic oxidation sites excluding steroid dienone is 2. The molecule has 12 atom stereocenters. The zero-order valence-corrected chi connectivity index (χ0v) is 73.8. The topological polar surface area (TPSA) is 398 Å². The van der Waals surface area contributed by atoms with E-state index in [2.05, 4.69) is 59.9 Å². The third-order valence-electron chi connectivity index (χ3n) is 20.6. The standard InChI is InChI=1S/C12H11F3N2O3.C12H11F3N2O2S2.C12H13F3N2O2.C10H7F3N2O3.C8H7F3O2.C6H8O.C5H11NO2.C4H5F3O2.C2H6S2.CH5B.ClH.Li.Na.H2O/c1-2-20-7(18)4-17-9-8(5-3-6(5)10(9)19)11(16-17)12(13,14)15;13-12(14,15)9-8-5-3-6(5)11(20-1-2-21-11)10(8)17(16-9)4-7(18)19;1-2-19-9(18)5-17-8-4-6-3-7(6)10(8)11(16-17)12(13,14)15;11-10(12,13)9-6-3-1-4(3)8(18)7(6)15(14-9)2-5(16)17;9-8(10,11)7(13)6-4-1-3(4)2-5(6)12;7-6-2-4-1-5(4)3-6;1-2-8-5(7)3-4-6;1-2-9-3(8)4(5,6)7;3-1-2-4;1-2;;;;/h5-6H,2-4H2,1H3;5-6H,1-4H2,(H,18,19);6-7H,2-5H2,1H3;3-4H,1-2H2,(H,16,17);3-4,13H,1-2H2;4-5H,1-3H2;2-4,6H2,1H3;2H2,1H3;3-4H,1-2H2;2H2,1H3;1H;;;1H2/q;;;;;;;;;;;2*+1;/p-2/b;;;;7-6-;;;;;;;;;/i;;;;;;;;;2D2;;;;. The molecule has 0 aromatic carbocycles. The smallest absolute Gasteiger partial charge is 0.870 e. The van der Waals surface area contributed by atoms with Crippen molar-refractivity contribution in [1.82, 2.24) is 39.1 Å². The molecule has 53 heteroatoms. The quantitative estimate of drug-likeness (QED) is 0.0188. The third kappa shape index (κ3) is 26.8. The Morgan fingerprint density at radius 2 is 0.920 bits per heavy atom. The van der Waals surface area contributed by atoms with Crippen LogP contribution < -0.4 is 59.3 Å². The maximum absolute atomic E-state index is 13.2. The maximum Gasteiger partial charge on any atom is 1.00 e. The molecular weight excluding hydrogens is 1830 g/mol. The van der Waals surface area contributed by atoms with Gasteiger partial charge in [0.25, 0.3) is 0 Å². The van der Waals surface area contributed by atoms with Crippen LogP contribution in [0.4, 0.5) is 79.0 Å². The SMILES string of the molecule is CCOC(=O)C(F)(F)F.CCOC(=O)CCN.CCOC(=O)Cn1nc(C(F)(F)F)c2c1C(=O)C1CC21.CCOC(=O)Cn1nc(C(F)(F)F)c2c1CC1CC21.Cl.O=C(O)Cn1nc(C(F)(F)F)c2c1C(=O)C1CC21.O=C(O)Cn1nc(C(F)(F)F)c2c1C1(SCCS1)C1CC21.O=C1CC2CC2/C1=C(/[O-])C(F)(F)F.O=C1CC2CC2C1.SCCS.[2H]B([2H])C.[Li+].[Na+].[OH-]. The number of nitrogens with two attached hydrogens (primary N) is 1. The van der Waals surface area contributed by atoms with E-state index in [0.29, 0.717) is 78.6 Å². The molecule has 13 aliphatic rings. The van der Waals surface area contributed by atoms with Gasteiger partial charge >= 0.3 is 121 Å². The van der Waals surface area contributed by atoms with E-state index in [1.807, 2.05) is 0 Å². The van der Waals surface area contributed by atoms with Crippen LogP contribution in [0.15, 0.2) is 11.3 Å². The van der Waals surface area contributed by atoms with Crippen molar-refractivity contribution < 1.29 is 215 Å². The molecular formula is C72H85BClF18LiN9NaO18S4. The summed E-state index contributed by atoms with van der Waals surface area (Å²) in [5, 5.41) is 42.2. The number of hydrogen-bond acceptors (Lipinski definition) is 25. The maximum atomic E-state index is 13.2. The van der Waals surface area contributed by atoms with E-state index in [4.69, 9.17) is 23.4 Å². The molecule has 5 N–H and O–H groups in total. The van der Waals surface area contributed by atoms with E-state index < -0.39 is 156 Å². The van der Waals surface area contributed by atoms with Gasteiger partial charge in [0.1, 0.15) is 47.4 Å². The number of esters is 4. The van der Waals surface area contributed by atoms with Gasteiger partial charge in [0.2, 0.25) is 0 Å². The molecule has 1 aliphatic heterocycles. The van der Waals surface area contributed by atoms with Crippen LogP contribution in [0.5, 0.6) is 0 Å². The van der Waals surface area contributed by atoms with Gasteiger partial charge in [-0.05, 0) is 157 Å². The van der Waals surface area contributed by atoms with Gasteiger partial charge in [-0.2, -0.15) is 125 Å². The number of aromatic nitrogens is 8. The largest absolute Gasteiger partial charge is 1.00 e. The van der Waals surface area contributed by atoms with Gasteiger partial charge < -0.3 is 45.5 Å². The summed E-state index contributed by atoms with van der Waals surface area (Å²) < 4.78 is 259. The van der Waals surface area contributed by atoms with Gasteiger partial charge in [-0.25, -0.2) is 14.2 Å². The molecule has 4 aromatic heterocycles. The van der Waals surface area contributed by atoms with Crippen LogP contribution >= 0.6 is 61.2 Å². The number of rotatable bonds is 15. The van der Waals surface area contributed by atoms with Gasteiger partial charge in [-0.15, -0.1) is 35.9 Å². The fourth-order valence-electron chi connectivity index (χ4n) is 15.5. The molecule has 4 aromatic rings. The zero-order chi connectivity index (χ0) is 92.2. The number of carbonyl (C=O) groups excluding carboxylic acids is 8. The normalized spacial score (nSPS) is 24.0. The van der Waals surface area contributed by atoms with Gasteiger partial charge in [0.15, 0.2) is 40.1 Å². The van der Waals surface area contributed by atoms with E-state index >= 15 is 0 Å². The molecule has 12 unspecified atom stereocenters. The number of hydrogen-bond donors (Lipinski definition) is 5. The summed E-state index contributed by atoms with van der Waals surface area (Å²) in [7, 11) is -0.667. The second kappa shape index (κ2) is 44.7. The first kappa shape index (κ1) is 108.